The number of ether oxygens (including phenoxy) is 2. The molecule has 1 aromatic carbocycles. The van der Waals surface area contributed by atoms with Crippen molar-refractivity contribution in [1.82, 2.24) is 14.3 Å². The number of aromatic nitrogens is 2. The number of benzene rings is 1. The first-order valence-electron chi connectivity index (χ1n) is 10.6. The Morgan fingerprint density at radius 3 is 2.62 bits per heavy atom. The van der Waals surface area contributed by atoms with Crippen molar-refractivity contribution in [2.24, 2.45) is 4.99 Å². The average molecular weight is 438 g/mol. The molecule has 2 aliphatic heterocycles. The SMILES string of the molecule is O=c1c(O)c(C2=NC(Cc3ccc(F)cc3)CO2)nc2ccc(CN3CCOCC3)cn12. The predicted octanol–water partition coefficient (Wildman–Crippen LogP) is 1.76. The maximum Gasteiger partial charge on any atom is 0.300 e. The summed E-state index contributed by atoms with van der Waals surface area (Å²) >= 11 is 0. The molecule has 166 valence electrons. The van der Waals surface area contributed by atoms with Crippen LogP contribution in [0.25, 0.3) is 5.65 Å². The van der Waals surface area contributed by atoms with Crippen LogP contribution in [0.4, 0.5) is 4.39 Å². The highest BCUT2D eigenvalue weighted by Gasteiger charge is 2.26. The highest BCUT2D eigenvalue weighted by Crippen LogP contribution is 2.20. The second-order valence-electron chi connectivity index (χ2n) is 8.00. The Morgan fingerprint density at radius 1 is 1.09 bits per heavy atom. The number of rotatable bonds is 5. The van der Waals surface area contributed by atoms with Gasteiger partial charge in [-0.15, -0.1) is 0 Å². The van der Waals surface area contributed by atoms with Crippen LogP contribution in [0.3, 0.4) is 0 Å². The van der Waals surface area contributed by atoms with Crippen LogP contribution in [0.1, 0.15) is 16.8 Å². The Morgan fingerprint density at radius 2 is 1.84 bits per heavy atom. The number of fused-ring (bicyclic) bond motifs is 1. The summed E-state index contributed by atoms with van der Waals surface area (Å²) in [4.78, 5) is 24.0. The van der Waals surface area contributed by atoms with Gasteiger partial charge in [0.1, 0.15) is 18.1 Å². The van der Waals surface area contributed by atoms with Crippen molar-refractivity contribution in [2.45, 2.75) is 19.0 Å². The van der Waals surface area contributed by atoms with E-state index in [4.69, 9.17) is 9.47 Å². The third-order valence-corrected chi connectivity index (χ3v) is 5.67. The summed E-state index contributed by atoms with van der Waals surface area (Å²) in [6, 6.07) is 9.69. The lowest BCUT2D eigenvalue weighted by atomic mass is 10.1. The summed E-state index contributed by atoms with van der Waals surface area (Å²) in [5, 5.41) is 10.5. The van der Waals surface area contributed by atoms with E-state index in [1.165, 1.54) is 16.5 Å². The number of aromatic hydroxyl groups is 1. The van der Waals surface area contributed by atoms with Gasteiger partial charge in [0.25, 0.3) is 0 Å². The summed E-state index contributed by atoms with van der Waals surface area (Å²) in [6.07, 6.45) is 2.26. The molecule has 0 radical (unpaired) electrons. The lowest BCUT2D eigenvalue weighted by molar-refractivity contribution is 0.0341. The standard InChI is InChI=1S/C23H23FN4O4/c24-17-4-1-15(2-5-17)11-18-14-32-22(25-18)20-21(29)23(30)28-13-16(3-6-19(28)26-20)12-27-7-9-31-10-8-27/h1-6,13,18,29H,7-12,14H2. The van der Waals surface area contributed by atoms with E-state index in [2.05, 4.69) is 14.9 Å². The van der Waals surface area contributed by atoms with E-state index in [9.17, 15) is 14.3 Å². The molecule has 0 saturated carbocycles. The Kier molecular flexibility index (Phi) is 5.59. The molecule has 32 heavy (non-hydrogen) atoms. The Balaban J connectivity index is 1.39. The fourth-order valence-corrected chi connectivity index (χ4v) is 3.98. The molecule has 0 aliphatic carbocycles. The summed E-state index contributed by atoms with van der Waals surface area (Å²) in [6.45, 7) is 4.06. The summed E-state index contributed by atoms with van der Waals surface area (Å²) < 4.78 is 25.5. The first-order chi connectivity index (χ1) is 15.6. The molecule has 5 rings (SSSR count). The van der Waals surface area contributed by atoms with Gasteiger partial charge in [-0.1, -0.05) is 18.2 Å². The molecule has 2 aromatic heterocycles. The van der Waals surface area contributed by atoms with Gasteiger partial charge in [-0.3, -0.25) is 14.1 Å². The van der Waals surface area contributed by atoms with Gasteiger partial charge in [0.15, 0.2) is 5.69 Å². The number of hydrogen-bond donors (Lipinski definition) is 1. The highest BCUT2D eigenvalue weighted by molar-refractivity contribution is 5.96. The molecule has 0 spiro atoms. The number of pyridine rings is 1. The number of nitrogens with zero attached hydrogens (tertiary/aromatic N) is 4. The van der Waals surface area contributed by atoms with Crippen molar-refractivity contribution in [3.05, 3.63) is 75.6 Å². The van der Waals surface area contributed by atoms with Crippen LogP contribution in [0.5, 0.6) is 5.75 Å². The number of hydrogen-bond acceptors (Lipinski definition) is 7. The topological polar surface area (TPSA) is 88.7 Å². The van der Waals surface area contributed by atoms with E-state index in [1.54, 1.807) is 24.4 Å². The molecular weight excluding hydrogens is 415 g/mol. The van der Waals surface area contributed by atoms with E-state index in [1.807, 2.05) is 6.07 Å². The summed E-state index contributed by atoms with van der Waals surface area (Å²) in [5.41, 5.74) is 1.75. The maximum atomic E-state index is 13.1. The summed E-state index contributed by atoms with van der Waals surface area (Å²) in [7, 11) is 0. The fourth-order valence-electron chi connectivity index (χ4n) is 3.98. The maximum absolute atomic E-state index is 13.1. The minimum absolute atomic E-state index is 0.0394. The molecule has 0 bridgehead atoms. The molecule has 9 heteroatoms. The first-order valence-corrected chi connectivity index (χ1v) is 10.6. The molecule has 3 aromatic rings. The van der Waals surface area contributed by atoms with Crippen LogP contribution in [0, 0.1) is 5.82 Å². The van der Waals surface area contributed by atoms with E-state index in [0.29, 0.717) is 38.4 Å². The average Bonchev–Trinajstić information content (AvgIpc) is 3.27. The minimum atomic E-state index is -0.567. The van der Waals surface area contributed by atoms with Crippen LogP contribution < -0.4 is 5.56 Å². The van der Waals surface area contributed by atoms with Crippen molar-refractivity contribution in [3.63, 3.8) is 0 Å². The van der Waals surface area contributed by atoms with Gasteiger partial charge in [-0.2, -0.15) is 0 Å². The van der Waals surface area contributed by atoms with E-state index >= 15 is 0 Å². The van der Waals surface area contributed by atoms with Crippen molar-refractivity contribution in [1.29, 1.82) is 0 Å². The van der Waals surface area contributed by atoms with Crippen molar-refractivity contribution < 1.29 is 19.0 Å². The lowest BCUT2D eigenvalue weighted by Gasteiger charge is -2.26. The lowest BCUT2D eigenvalue weighted by Crippen LogP contribution is -2.35. The summed E-state index contributed by atoms with van der Waals surface area (Å²) in [5.74, 6) is -0.640. The number of aliphatic imine (C=N–C) groups is 1. The molecule has 1 atom stereocenters. The molecule has 4 heterocycles. The van der Waals surface area contributed by atoms with Gasteiger partial charge >= 0.3 is 5.56 Å². The third-order valence-electron chi connectivity index (χ3n) is 5.67. The van der Waals surface area contributed by atoms with Crippen LogP contribution in [-0.2, 0) is 22.4 Å². The van der Waals surface area contributed by atoms with Gasteiger partial charge in [0.2, 0.25) is 11.6 Å². The highest BCUT2D eigenvalue weighted by atomic mass is 19.1. The van der Waals surface area contributed by atoms with Crippen LogP contribution in [0.2, 0.25) is 0 Å². The first kappa shape index (κ1) is 20.6. The van der Waals surface area contributed by atoms with Gasteiger partial charge in [-0.05, 0) is 35.7 Å². The zero-order chi connectivity index (χ0) is 22.1. The van der Waals surface area contributed by atoms with Crippen LogP contribution in [-0.4, -0.2) is 64.2 Å². The van der Waals surface area contributed by atoms with Crippen molar-refractivity contribution >= 4 is 11.5 Å². The van der Waals surface area contributed by atoms with Gasteiger partial charge < -0.3 is 14.6 Å². The van der Waals surface area contributed by atoms with E-state index < -0.39 is 11.3 Å². The van der Waals surface area contributed by atoms with Gasteiger partial charge in [-0.25, -0.2) is 14.4 Å². The molecule has 2 aliphatic rings. The minimum Gasteiger partial charge on any atom is -0.501 e. The number of halogens is 1. The molecule has 1 saturated heterocycles. The normalized spacial score (nSPS) is 19.2. The third kappa shape index (κ3) is 4.21. The predicted molar refractivity (Wildman–Crippen MR) is 116 cm³/mol. The zero-order valence-corrected chi connectivity index (χ0v) is 17.4. The quantitative estimate of drug-likeness (QED) is 0.653. The van der Waals surface area contributed by atoms with Crippen LogP contribution >= 0.6 is 0 Å². The molecule has 1 N–H and O–H groups in total. The van der Waals surface area contributed by atoms with Crippen molar-refractivity contribution in [2.75, 3.05) is 32.9 Å². The largest absolute Gasteiger partial charge is 0.501 e. The Labute approximate surface area is 183 Å². The molecule has 8 nitrogen and oxygen atoms in total. The Hall–Kier alpha value is -3.30. The monoisotopic (exact) mass is 438 g/mol. The second-order valence-corrected chi connectivity index (χ2v) is 8.00. The molecule has 1 fully saturated rings. The van der Waals surface area contributed by atoms with Crippen molar-refractivity contribution in [3.8, 4) is 5.75 Å². The molecule has 1 unspecified atom stereocenters. The Bertz CT molecular complexity index is 1220. The van der Waals surface area contributed by atoms with Gasteiger partial charge in [0.05, 0.1) is 19.3 Å². The van der Waals surface area contributed by atoms with E-state index in [-0.39, 0.29) is 23.5 Å². The van der Waals surface area contributed by atoms with Crippen LogP contribution in [0.15, 0.2) is 52.4 Å². The van der Waals surface area contributed by atoms with Gasteiger partial charge in [0, 0.05) is 25.8 Å². The van der Waals surface area contributed by atoms with E-state index in [0.717, 1.165) is 24.2 Å². The smallest absolute Gasteiger partial charge is 0.300 e. The fraction of sp³-hybridized carbons (Fsp3) is 0.348. The second kappa shape index (κ2) is 8.68. The molecule has 0 amide bonds. The number of morpholine rings is 1. The molecular formula is C23H23FN4O4. The zero-order valence-electron chi connectivity index (χ0n) is 17.4.